The molecule has 106 valence electrons. The monoisotopic (exact) mass is 278 g/mol. The molecule has 0 radical (unpaired) electrons. The number of aryl methyl sites for hydroxylation is 2. The molecule has 1 aromatic carbocycles. The van der Waals surface area contributed by atoms with Gasteiger partial charge in [0.05, 0.1) is 6.04 Å². The van der Waals surface area contributed by atoms with Crippen LogP contribution in [0.5, 0.6) is 0 Å². The zero-order valence-corrected chi connectivity index (χ0v) is 12.4. The van der Waals surface area contributed by atoms with Crippen molar-refractivity contribution in [3.05, 3.63) is 52.8 Å². The van der Waals surface area contributed by atoms with Gasteiger partial charge in [0.2, 0.25) is 5.95 Å². The van der Waals surface area contributed by atoms with Crippen molar-refractivity contribution in [2.75, 3.05) is 11.4 Å². The van der Waals surface area contributed by atoms with E-state index in [4.69, 9.17) is 5.26 Å². The van der Waals surface area contributed by atoms with Crippen LogP contribution >= 0.6 is 0 Å². The highest BCUT2D eigenvalue weighted by Crippen LogP contribution is 2.34. The van der Waals surface area contributed by atoms with Gasteiger partial charge in [-0.05, 0) is 38.3 Å². The van der Waals surface area contributed by atoms with Crippen LogP contribution in [0.2, 0.25) is 0 Å². The summed E-state index contributed by atoms with van der Waals surface area (Å²) in [6.45, 7) is 4.95. The molecule has 2 aromatic rings. The van der Waals surface area contributed by atoms with Crippen molar-refractivity contribution in [3.63, 3.8) is 0 Å². The molecule has 1 atom stereocenters. The highest BCUT2D eigenvalue weighted by molar-refractivity contribution is 5.42. The highest BCUT2D eigenvalue weighted by Gasteiger charge is 2.28. The maximum atomic E-state index is 9.09. The van der Waals surface area contributed by atoms with E-state index in [9.17, 15) is 0 Å². The van der Waals surface area contributed by atoms with E-state index in [1.807, 2.05) is 6.92 Å². The van der Waals surface area contributed by atoms with E-state index in [0.29, 0.717) is 17.7 Å². The highest BCUT2D eigenvalue weighted by atomic mass is 15.3. The van der Waals surface area contributed by atoms with Gasteiger partial charge >= 0.3 is 0 Å². The lowest BCUT2D eigenvalue weighted by Gasteiger charge is -2.25. The van der Waals surface area contributed by atoms with E-state index < -0.39 is 0 Å². The molecule has 1 saturated heterocycles. The number of rotatable bonds is 2. The topological polar surface area (TPSA) is 52.8 Å². The first-order valence-electron chi connectivity index (χ1n) is 7.26. The van der Waals surface area contributed by atoms with Gasteiger partial charge in [0.25, 0.3) is 0 Å². The number of nitriles is 1. The molecule has 21 heavy (non-hydrogen) atoms. The summed E-state index contributed by atoms with van der Waals surface area (Å²) < 4.78 is 0. The molecule has 1 aromatic heterocycles. The minimum absolute atomic E-state index is 0.304. The van der Waals surface area contributed by atoms with Gasteiger partial charge in [-0.2, -0.15) is 5.26 Å². The Morgan fingerprint density at radius 3 is 2.86 bits per heavy atom. The maximum Gasteiger partial charge on any atom is 0.227 e. The first-order chi connectivity index (χ1) is 10.2. The predicted molar refractivity (Wildman–Crippen MR) is 82.0 cm³/mol. The Morgan fingerprint density at radius 1 is 1.24 bits per heavy atom. The third kappa shape index (κ3) is 2.73. The summed E-state index contributed by atoms with van der Waals surface area (Å²) in [4.78, 5) is 11.1. The molecule has 0 amide bonds. The SMILES string of the molecule is Cc1cccc(C2CCCN2c2nc(C)cc(C#N)n2)c1. The molecule has 0 N–H and O–H groups in total. The summed E-state index contributed by atoms with van der Waals surface area (Å²) in [5.41, 5.74) is 3.84. The standard InChI is InChI=1S/C17H18N4/c1-12-5-3-6-14(9-12)16-7-4-8-21(16)17-19-13(2)10-15(11-18)20-17/h3,5-6,9-10,16H,4,7-8H2,1-2H3. The van der Waals surface area contributed by atoms with Crippen molar-refractivity contribution >= 4 is 5.95 Å². The third-order valence-electron chi connectivity index (χ3n) is 3.89. The Kier molecular flexibility index (Phi) is 3.57. The second-order valence-electron chi connectivity index (χ2n) is 5.57. The molecule has 1 aliphatic rings. The van der Waals surface area contributed by atoms with Gasteiger partial charge in [-0.25, -0.2) is 9.97 Å². The number of aromatic nitrogens is 2. The lowest BCUT2D eigenvalue weighted by molar-refractivity contribution is 0.699. The van der Waals surface area contributed by atoms with Crippen LogP contribution in [0.15, 0.2) is 30.3 Å². The lowest BCUT2D eigenvalue weighted by Crippen LogP contribution is -2.25. The van der Waals surface area contributed by atoms with Crippen molar-refractivity contribution in [3.8, 4) is 6.07 Å². The van der Waals surface area contributed by atoms with Gasteiger partial charge in [-0.1, -0.05) is 29.8 Å². The lowest BCUT2D eigenvalue weighted by atomic mass is 10.0. The summed E-state index contributed by atoms with van der Waals surface area (Å²) in [6.07, 6.45) is 2.22. The quantitative estimate of drug-likeness (QED) is 0.845. The molecule has 4 nitrogen and oxygen atoms in total. The number of hydrogen-bond acceptors (Lipinski definition) is 4. The Morgan fingerprint density at radius 2 is 2.10 bits per heavy atom. The average molecular weight is 278 g/mol. The van der Waals surface area contributed by atoms with E-state index in [1.54, 1.807) is 6.07 Å². The summed E-state index contributed by atoms with van der Waals surface area (Å²) in [6, 6.07) is 12.7. The number of benzene rings is 1. The van der Waals surface area contributed by atoms with E-state index in [-0.39, 0.29) is 0 Å². The molecule has 0 aliphatic carbocycles. The number of anilines is 1. The minimum atomic E-state index is 0.304. The minimum Gasteiger partial charge on any atom is -0.334 e. The van der Waals surface area contributed by atoms with Crippen molar-refractivity contribution < 1.29 is 0 Å². The second-order valence-corrected chi connectivity index (χ2v) is 5.57. The van der Waals surface area contributed by atoms with Gasteiger partial charge in [0.1, 0.15) is 11.8 Å². The van der Waals surface area contributed by atoms with Crippen molar-refractivity contribution in [1.29, 1.82) is 5.26 Å². The Hall–Kier alpha value is -2.41. The van der Waals surface area contributed by atoms with Crippen LogP contribution in [0.25, 0.3) is 0 Å². The van der Waals surface area contributed by atoms with Gasteiger partial charge in [-0.3, -0.25) is 0 Å². The smallest absolute Gasteiger partial charge is 0.227 e. The fourth-order valence-electron chi connectivity index (χ4n) is 2.97. The molecule has 1 fully saturated rings. The van der Waals surface area contributed by atoms with Crippen LogP contribution in [-0.4, -0.2) is 16.5 Å². The maximum absolute atomic E-state index is 9.09. The zero-order chi connectivity index (χ0) is 14.8. The molecule has 0 spiro atoms. The van der Waals surface area contributed by atoms with E-state index >= 15 is 0 Å². The molecule has 1 unspecified atom stereocenters. The second kappa shape index (κ2) is 5.53. The summed E-state index contributed by atoms with van der Waals surface area (Å²) in [5, 5.41) is 9.09. The Balaban J connectivity index is 1.98. The molecule has 2 heterocycles. The number of hydrogen-bond donors (Lipinski definition) is 0. The Bertz CT molecular complexity index is 702. The van der Waals surface area contributed by atoms with Gasteiger partial charge in [-0.15, -0.1) is 0 Å². The molecule has 0 bridgehead atoms. The predicted octanol–water partition coefficient (Wildman–Crippen LogP) is 3.31. The molecular formula is C17H18N4. The van der Waals surface area contributed by atoms with Crippen LogP contribution in [-0.2, 0) is 0 Å². The zero-order valence-electron chi connectivity index (χ0n) is 12.4. The molecular weight excluding hydrogens is 260 g/mol. The van der Waals surface area contributed by atoms with Crippen LogP contribution < -0.4 is 4.90 Å². The number of nitrogens with zero attached hydrogens (tertiary/aromatic N) is 4. The largest absolute Gasteiger partial charge is 0.334 e. The van der Waals surface area contributed by atoms with E-state index in [2.05, 4.69) is 52.1 Å². The van der Waals surface area contributed by atoms with Crippen molar-refractivity contribution in [1.82, 2.24) is 9.97 Å². The fourth-order valence-corrected chi connectivity index (χ4v) is 2.97. The average Bonchev–Trinajstić information content (AvgIpc) is 2.96. The first-order valence-corrected chi connectivity index (χ1v) is 7.26. The van der Waals surface area contributed by atoms with Gasteiger partial charge in [0.15, 0.2) is 0 Å². The summed E-state index contributed by atoms with van der Waals surface area (Å²) >= 11 is 0. The van der Waals surface area contributed by atoms with Gasteiger partial charge in [0, 0.05) is 12.2 Å². The van der Waals surface area contributed by atoms with E-state index in [1.165, 1.54) is 11.1 Å². The van der Waals surface area contributed by atoms with Crippen molar-refractivity contribution in [2.24, 2.45) is 0 Å². The molecule has 1 aliphatic heterocycles. The van der Waals surface area contributed by atoms with Crippen LogP contribution in [0, 0.1) is 25.2 Å². The summed E-state index contributed by atoms with van der Waals surface area (Å²) in [5.74, 6) is 0.676. The molecule has 0 saturated carbocycles. The van der Waals surface area contributed by atoms with Gasteiger partial charge < -0.3 is 4.90 Å². The van der Waals surface area contributed by atoms with Crippen LogP contribution in [0.3, 0.4) is 0 Å². The first kappa shape index (κ1) is 13.6. The molecule has 3 rings (SSSR count). The fraction of sp³-hybridized carbons (Fsp3) is 0.353. The van der Waals surface area contributed by atoms with Crippen molar-refractivity contribution in [2.45, 2.75) is 32.7 Å². The normalized spacial score (nSPS) is 17.8. The van der Waals surface area contributed by atoms with Crippen LogP contribution in [0.1, 0.15) is 41.4 Å². The van der Waals surface area contributed by atoms with E-state index in [0.717, 1.165) is 25.1 Å². The molecule has 4 heteroatoms. The third-order valence-corrected chi connectivity index (χ3v) is 3.89. The van der Waals surface area contributed by atoms with Crippen LogP contribution in [0.4, 0.5) is 5.95 Å². The Labute approximate surface area is 125 Å². The summed E-state index contributed by atoms with van der Waals surface area (Å²) in [7, 11) is 0.